The molecule has 0 aliphatic carbocycles. The van der Waals surface area contributed by atoms with Gasteiger partial charge in [-0.1, -0.05) is 37.0 Å². The normalized spacial score (nSPS) is 10.4. The van der Waals surface area contributed by atoms with Crippen molar-refractivity contribution < 1.29 is 14.0 Å². The highest BCUT2D eigenvalue weighted by Crippen LogP contribution is 2.29. The van der Waals surface area contributed by atoms with Crippen molar-refractivity contribution >= 4 is 40.8 Å². The van der Waals surface area contributed by atoms with Gasteiger partial charge in [0.2, 0.25) is 0 Å². The van der Waals surface area contributed by atoms with Crippen LogP contribution >= 0.6 is 23.2 Å². The number of hydrogen-bond acceptors (Lipinski definition) is 4. The SMILES string of the molecule is Cc1cc(C#N)cc(C(C)C)c1NC(=O)NC(=O)c1cc(F)c(Cl)nc1Cl. The van der Waals surface area contributed by atoms with Crippen LogP contribution in [0, 0.1) is 24.1 Å². The number of anilines is 1. The molecule has 1 aromatic carbocycles. The lowest BCUT2D eigenvalue weighted by molar-refractivity contribution is 0.0966. The molecule has 0 spiro atoms. The Morgan fingerprint density at radius 1 is 1.22 bits per heavy atom. The molecular formula is C18H15Cl2FN4O2. The molecule has 140 valence electrons. The fourth-order valence-electron chi connectivity index (χ4n) is 2.43. The Kier molecular flexibility index (Phi) is 6.37. The first-order valence-electron chi connectivity index (χ1n) is 7.82. The standard InChI is InChI=1S/C18H15Cl2FN4O2/c1-8(2)11-5-10(7-22)4-9(3)14(11)23-18(27)25-17(26)12-6-13(21)16(20)24-15(12)19/h4-6,8H,1-3H3,(H2,23,25,26,27). The zero-order valence-electron chi connectivity index (χ0n) is 14.7. The molecule has 2 N–H and O–H groups in total. The van der Waals surface area contributed by atoms with Gasteiger partial charge < -0.3 is 5.32 Å². The molecule has 9 heteroatoms. The third-order valence-corrected chi connectivity index (χ3v) is 4.27. The predicted molar refractivity (Wildman–Crippen MR) is 101 cm³/mol. The number of pyridine rings is 1. The van der Waals surface area contributed by atoms with Crippen molar-refractivity contribution in [3.63, 3.8) is 0 Å². The van der Waals surface area contributed by atoms with Gasteiger partial charge >= 0.3 is 6.03 Å². The minimum atomic E-state index is -0.934. The van der Waals surface area contributed by atoms with Gasteiger partial charge in [0, 0.05) is 5.69 Å². The van der Waals surface area contributed by atoms with Gasteiger partial charge in [-0.05, 0) is 42.2 Å². The Bertz CT molecular complexity index is 971. The third-order valence-electron chi connectivity index (χ3n) is 3.71. The number of aromatic nitrogens is 1. The molecule has 0 atom stereocenters. The molecule has 3 amide bonds. The van der Waals surface area contributed by atoms with Gasteiger partial charge in [-0.2, -0.15) is 5.26 Å². The van der Waals surface area contributed by atoms with Crippen molar-refractivity contribution in [3.05, 3.63) is 56.6 Å². The zero-order chi connectivity index (χ0) is 20.3. The van der Waals surface area contributed by atoms with E-state index in [1.54, 1.807) is 19.1 Å². The summed E-state index contributed by atoms with van der Waals surface area (Å²) in [6.45, 7) is 5.55. The van der Waals surface area contributed by atoms with Crippen LogP contribution in [-0.2, 0) is 0 Å². The van der Waals surface area contributed by atoms with E-state index in [1.165, 1.54) is 0 Å². The minimum Gasteiger partial charge on any atom is -0.307 e. The number of halogens is 3. The molecule has 2 aromatic rings. The number of nitrogens with one attached hydrogen (secondary N) is 2. The van der Waals surface area contributed by atoms with E-state index in [4.69, 9.17) is 28.5 Å². The summed E-state index contributed by atoms with van der Waals surface area (Å²) in [5.41, 5.74) is 2.03. The first-order chi connectivity index (χ1) is 12.6. The topological polar surface area (TPSA) is 94.9 Å². The molecule has 2 rings (SSSR count). The molecule has 0 fully saturated rings. The first-order valence-corrected chi connectivity index (χ1v) is 8.58. The number of imide groups is 1. The highest BCUT2D eigenvalue weighted by molar-refractivity contribution is 6.35. The number of amides is 3. The van der Waals surface area contributed by atoms with E-state index < -0.39 is 22.9 Å². The van der Waals surface area contributed by atoms with E-state index in [0.29, 0.717) is 16.8 Å². The average Bonchev–Trinajstić information content (AvgIpc) is 2.59. The number of hydrogen-bond donors (Lipinski definition) is 2. The summed E-state index contributed by atoms with van der Waals surface area (Å²) in [4.78, 5) is 27.9. The Labute approximate surface area is 165 Å². The van der Waals surface area contributed by atoms with E-state index in [9.17, 15) is 14.0 Å². The number of rotatable bonds is 3. The van der Waals surface area contributed by atoms with Crippen molar-refractivity contribution in [2.45, 2.75) is 26.7 Å². The van der Waals surface area contributed by atoms with Gasteiger partial charge in [-0.3, -0.25) is 10.1 Å². The quantitative estimate of drug-likeness (QED) is 0.713. The fourth-order valence-corrected chi connectivity index (χ4v) is 2.83. The predicted octanol–water partition coefficient (Wildman–Crippen LogP) is 4.79. The van der Waals surface area contributed by atoms with Crippen molar-refractivity contribution in [2.24, 2.45) is 0 Å². The second-order valence-corrected chi connectivity index (χ2v) is 6.75. The van der Waals surface area contributed by atoms with Crippen LogP contribution in [0.3, 0.4) is 0 Å². The van der Waals surface area contributed by atoms with E-state index in [2.05, 4.69) is 21.7 Å². The summed E-state index contributed by atoms with van der Waals surface area (Å²) in [6, 6.07) is 5.32. The molecule has 0 saturated carbocycles. The van der Waals surface area contributed by atoms with Gasteiger partial charge in [-0.25, -0.2) is 14.2 Å². The second-order valence-electron chi connectivity index (χ2n) is 6.03. The largest absolute Gasteiger partial charge is 0.326 e. The number of urea groups is 1. The van der Waals surface area contributed by atoms with Crippen molar-refractivity contribution in [3.8, 4) is 6.07 Å². The Balaban J connectivity index is 2.25. The van der Waals surface area contributed by atoms with Gasteiger partial charge in [0.25, 0.3) is 5.91 Å². The van der Waals surface area contributed by atoms with Crippen LogP contribution in [0.2, 0.25) is 10.3 Å². The number of carbonyl (C=O) groups excluding carboxylic acids is 2. The van der Waals surface area contributed by atoms with E-state index in [0.717, 1.165) is 11.6 Å². The van der Waals surface area contributed by atoms with E-state index in [-0.39, 0.29) is 16.6 Å². The molecule has 1 aromatic heterocycles. The Hall–Kier alpha value is -2.69. The first kappa shape index (κ1) is 20.6. The Morgan fingerprint density at radius 2 is 1.89 bits per heavy atom. The summed E-state index contributed by atoms with van der Waals surface area (Å²) in [5.74, 6) is -1.85. The van der Waals surface area contributed by atoms with Gasteiger partial charge in [-0.15, -0.1) is 0 Å². The highest BCUT2D eigenvalue weighted by atomic mass is 35.5. The maximum absolute atomic E-state index is 13.5. The summed E-state index contributed by atoms with van der Waals surface area (Å²) < 4.78 is 13.5. The molecular weight excluding hydrogens is 394 g/mol. The summed E-state index contributed by atoms with van der Waals surface area (Å²) >= 11 is 11.3. The minimum absolute atomic E-state index is 0.0204. The fraction of sp³-hybridized carbons (Fsp3) is 0.222. The summed E-state index contributed by atoms with van der Waals surface area (Å²) in [6.07, 6.45) is 0. The van der Waals surface area contributed by atoms with Crippen LogP contribution < -0.4 is 10.6 Å². The molecule has 0 aliphatic rings. The maximum atomic E-state index is 13.5. The molecule has 0 bridgehead atoms. The number of nitrogens with zero attached hydrogens (tertiary/aromatic N) is 2. The highest BCUT2D eigenvalue weighted by Gasteiger charge is 2.19. The lowest BCUT2D eigenvalue weighted by Gasteiger charge is -2.17. The van der Waals surface area contributed by atoms with Crippen molar-refractivity contribution in [1.82, 2.24) is 10.3 Å². The van der Waals surface area contributed by atoms with E-state index in [1.807, 2.05) is 13.8 Å². The number of aryl methyl sites for hydroxylation is 1. The van der Waals surface area contributed by atoms with Crippen LogP contribution in [0.4, 0.5) is 14.9 Å². The number of carbonyl (C=O) groups is 2. The van der Waals surface area contributed by atoms with Gasteiger partial charge in [0.15, 0.2) is 11.0 Å². The number of benzene rings is 1. The molecule has 27 heavy (non-hydrogen) atoms. The molecule has 0 saturated heterocycles. The smallest absolute Gasteiger partial charge is 0.307 e. The summed E-state index contributed by atoms with van der Waals surface area (Å²) in [5, 5.41) is 13.0. The summed E-state index contributed by atoms with van der Waals surface area (Å²) in [7, 11) is 0. The molecule has 0 radical (unpaired) electrons. The molecule has 0 unspecified atom stereocenters. The molecule has 6 nitrogen and oxygen atoms in total. The van der Waals surface area contributed by atoms with Crippen LogP contribution in [0.25, 0.3) is 0 Å². The Morgan fingerprint density at radius 3 is 2.48 bits per heavy atom. The molecule has 0 aliphatic heterocycles. The van der Waals surface area contributed by atoms with Crippen molar-refractivity contribution in [2.75, 3.05) is 5.32 Å². The lowest BCUT2D eigenvalue weighted by Crippen LogP contribution is -2.35. The van der Waals surface area contributed by atoms with Gasteiger partial charge in [0.1, 0.15) is 5.15 Å². The second kappa shape index (κ2) is 8.33. The maximum Gasteiger partial charge on any atom is 0.326 e. The average molecular weight is 409 g/mol. The molecule has 1 heterocycles. The van der Waals surface area contributed by atoms with E-state index >= 15 is 0 Å². The third kappa shape index (κ3) is 4.73. The number of nitriles is 1. The van der Waals surface area contributed by atoms with Crippen LogP contribution in [0.1, 0.15) is 46.8 Å². The lowest BCUT2D eigenvalue weighted by atomic mass is 9.95. The van der Waals surface area contributed by atoms with Crippen LogP contribution in [0.5, 0.6) is 0 Å². The van der Waals surface area contributed by atoms with Crippen LogP contribution in [0.15, 0.2) is 18.2 Å². The van der Waals surface area contributed by atoms with Gasteiger partial charge in [0.05, 0.1) is 17.2 Å². The monoisotopic (exact) mass is 408 g/mol. The van der Waals surface area contributed by atoms with Crippen LogP contribution in [-0.4, -0.2) is 16.9 Å². The zero-order valence-corrected chi connectivity index (χ0v) is 16.2. The van der Waals surface area contributed by atoms with Crippen molar-refractivity contribution in [1.29, 1.82) is 5.26 Å².